The topological polar surface area (TPSA) is 122 Å². The fourth-order valence-corrected chi connectivity index (χ4v) is 4.08. The van der Waals surface area contributed by atoms with Gasteiger partial charge in [-0.05, 0) is 42.5 Å². The molecule has 1 saturated heterocycles. The van der Waals surface area contributed by atoms with E-state index >= 15 is 0 Å². The number of nitrogens with two attached hydrogens (primary N) is 1. The van der Waals surface area contributed by atoms with E-state index in [1.54, 1.807) is 0 Å². The lowest BCUT2D eigenvalue weighted by Gasteiger charge is -2.29. The molecule has 1 fully saturated rings. The average Bonchev–Trinajstić information content (AvgIpc) is 2.91. The smallest absolute Gasteiger partial charge is 0.399 e. The summed E-state index contributed by atoms with van der Waals surface area (Å²) in [5, 5.41) is 1.22. The van der Waals surface area contributed by atoms with Gasteiger partial charge in [-0.2, -0.15) is 31.1 Å². The van der Waals surface area contributed by atoms with E-state index in [2.05, 4.69) is 0 Å². The monoisotopic (exact) mass is 482 g/mol. The highest BCUT2D eigenvalue weighted by Gasteiger charge is 2.70. The lowest BCUT2D eigenvalue weighted by Crippen LogP contribution is -2.69. The maximum Gasteiger partial charge on any atom is 0.435 e. The fourth-order valence-electron chi connectivity index (χ4n) is 2.81. The van der Waals surface area contributed by atoms with Crippen LogP contribution in [0.3, 0.4) is 0 Å². The molecule has 32 heavy (non-hydrogen) atoms. The average molecular weight is 482 g/mol. The molecule has 3 amide bonds. The molecule has 0 bridgehead atoms. The lowest BCUT2D eigenvalue weighted by molar-refractivity contribution is -0.194. The number of amides is 3. The predicted octanol–water partition coefficient (Wildman–Crippen LogP) is 2.58. The standard InChI is InChI=1S/C17H12F6N4O4S/c18-16(19,20)9-2-1-3-11(8-9)27-13(28)15(17(21,22)23,25-14(27)29)26-32(30,31)12-6-4-10(24)5-7-12/h1-8,26H,24H2,(H,25,29)/t15-/m0/s1. The number of hydrogen-bond donors (Lipinski definition) is 3. The number of hydrogen-bond acceptors (Lipinski definition) is 5. The molecule has 1 heterocycles. The van der Waals surface area contributed by atoms with Crippen LogP contribution in [0.25, 0.3) is 0 Å². The normalized spacial score (nSPS) is 19.9. The van der Waals surface area contributed by atoms with Gasteiger partial charge in [0.05, 0.1) is 16.1 Å². The van der Waals surface area contributed by atoms with Crippen LogP contribution in [0.5, 0.6) is 0 Å². The van der Waals surface area contributed by atoms with Crippen molar-refractivity contribution in [3.8, 4) is 0 Å². The van der Waals surface area contributed by atoms with Gasteiger partial charge in [-0.15, -0.1) is 0 Å². The van der Waals surface area contributed by atoms with Crippen molar-refractivity contribution in [3.63, 3.8) is 0 Å². The van der Waals surface area contributed by atoms with E-state index in [1.807, 2.05) is 0 Å². The van der Waals surface area contributed by atoms with Gasteiger partial charge < -0.3 is 11.1 Å². The van der Waals surface area contributed by atoms with Crippen molar-refractivity contribution in [2.75, 3.05) is 10.6 Å². The number of carbonyl (C=O) groups excluding carboxylic acids is 2. The third kappa shape index (κ3) is 3.95. The first-order valence-corrected chi connectivity index (χ1v) is 9.87. The maximum atomic E-state index is 13.9. The van der Waals surface area contributed by atoms with Crippen LogP contribution in [0.2, 0.25) is 0 Å². The Morgan fingerprint density at radius 1 is 0.969 bits per heavy atom. The summed E-state index contributed by atoms with van der Waals surface area (Å²) >= 11 is 0. The summed E-state index contributed by atoms with van der Waals surface area (Å²) in [5.41, 5.74) is -0.866. The molecule has 0 aromatic heterocycles. The number of imide groups is 1. The Morgan fingerprint density at radius 3 is 2.09 bits per heavy atom. The zero-order chi connectivity index (χ0) is 24.1. The van der Waals surface area contributed by atoms with Gasteiger partial charge in [0.2, 0.25) is 10.0 Å². The van der Waals surface area contributed by atoms with Crippen molar-refractivity contribution in [2.45, 2.75) is 22.9 Å². The van der Waals surface area contributed by atoms with Gasteiger partial charge in [0.1, 0.15) is 0 Å². The van der Waals surface area contributed by atoms with Crippen LogP contribution in [0.1, 0.15) is 5.56 Å². The first-order chi connectivity index (χ1) is 14.6. The molecule has 0 unspecified atom stereocenters. The van der Waals surface area contributed by atoms with Gasteiger partial charge in [-0.1, -0.05) is 6.07 Å². The summed E-state index contributed by atoms with van der Waals surface area (Å²) in [5.74, 6) is -2.19. The second-order valence-corrected chi connectivity index (χ2v) is 8.22. The highest BCUT2D eigenvalue weighted by molar-refractivity contribution is 7.89. The fraction of sp³-hybridized carbons (Fsp3) is 0.176. The maximum absolute atomic E-state index is 13.9. The van der Waals surface area contributed by atoms with Crippen LogP contribution >= 0.6 is 0 Å². The summed E-state index contributed by atoms with van der Waals surface area (Å²) in [6.45, 7) is 0. The van der Waals surface area contributed by atoms with Crippen molar-refractivity contribution in [1.29, 1.82) is 0 Å². The number of alkyl halides is 6. The first kappa shape index (κ1) is 23.3. The van der Waals surface area contributed by atoms with Gasteiger partial charge in [0.15, 0.2) is 0 Å². The number of benzene rings is 2. The van der Waals surface area contributed by atoms with E-state index in [1.165, 1.54) is 5.32 Å². The van der Waals surface area contributed by atoms with Crippen molar-refractivity contribution >= 4 is 33.3 Å². The second kappa shape index (κ2) is 7.37. The van der Waals surface area contributed by atoms with Crippen LogP contribution in [0.4, 0.5) is 42.5 Å². The Kier molecular flexibility index (Phi) is 5.38. The Hall–Kier alpha value is -3.33. The molecule has 0 saturated carbocycles. The van der Waals surface area contributed by atoms with Crippen LogP contribution < -0.4 is 20.7 Å². The molecule has 0 spiro atoms. The number of sulfonamides is 1. The molecule has 1 aliphatic heterocycles. The van der Waals surface area contributed by atoms with Gasteiger partial charge in [-0.3, -0.25) is 4.79 Å². The number of rotatable bonds is 4. The first-order valence-electron chi connectivity index (χ1n) is 8.39. The molecular weight excluding hydrogens is 470 g/mol. The minimum atomic E-state index is -5.71. The van der Waals surface area contributed by atoms with Crippen molar-refractivity contribution < 1.29 is 44.3 Å². The highest BCUT2D eigenvalue weighted by Crippen LogP contribution is 2.38. The van der Waals surface area contributed by atoms with Gasteiger partial charge in [-0.25, -0.2) is 18.1 Å². The number of anilines is 2. The van der Waals surface area contributed by atoms with Crippen molar-refractivity contribution in [3.05, 3.63) is 54.1 Å². The molecule has 1 aliphatic rings. The number of halogens is 6. The molecule has 0 aliphatic carbocycles. The summed E-state index contributed by atoms with van der Waals surface area (Å²) in [7, 11) is -5.06. The van der Waals surface area contributed by atoms with Crippen LogP contribution in [-0.2, 0) is 21.0 Å². The van der Waals surface area contributed by atoms with Crippen LogP contribution in [0.15, 0.2) is 53.4 Å². The van der Waals surface area contributed by atoms with Crippen molar-refractivity contribution in [1.82, 2.24) is 10.0 Å². The number of urea groups is 1. The van der Waals surface area contributed by atoms with Gasteiger partial charge in [0.25, 0.3) is 11.6 Å². The highest BCUT2D eigenvalue weighted by atomic mass is 32.2. The molecule has 172 valence electrons. The SMILES string of the molecule is Nc1ccc(S(=O)(=O)N[C@@]2(C(F)(F)F)NC(=O)N(c3cccc(C(F)(F)F)c3)C2=O)cc1. The summed E-state index contributed by atoms with van der Waals surface area (Å²) in [4.78, 5) is 24.0. The quantitative estimate of drug-likeness (QED) is 0.351. The molecule has 4 N–H and O–H groups in total. The minimum Gasteiger partial charge on any atom is -0.399 e. The Morgan fingerprint density at radius 2 is 1.56 bits per heavy atom. The van der Waals surface area contributed by atoms with E-state index in [9.17, 15) is 44.3 Å². The summed E-state index contributed by atoms with van der Waals surface area (Å²) in [6.07, 6.45) is -10.6. The van der Waals surface area contributed by atoms with E-state index in [0.29, 0.717) is 6.07 Å². The molecule has 2 aromatic rings. The zero-order valence-corrected chi connectivity index (χ0v) is 16.3. The Balaban J connectivity index is 2.08. The van der Waals surface area contributed by atoms with E-state index in [-0.39, 0.29) is 16.7 Å². The molecule has 0 radical (unpaired) electrons. The molecule has 15 heteroatoms. The third-order valence-electron chi connectivity index (χ3n) is 4.36. The lowest BCUT2D eigenvalue weighted by atomic mass is 10.1. The molecule has 8 nitrogen and oxygen atoms in total. The third-order valence-corrected chi connectivity index (χ3v) is 5.82. The molecule has 3 rings (SSSR count). The van der Waals surface area contributed by atoms with E-state index < -0.39 is 56.1 Å². The number of nitrogens with one attached hydrogen (secondary N) is 2. The van der Waals surface area contributed by atoms with Crippen LogP contribution in [0, 0.1) is 0 Å². The van der Waals surface area contributed by atoms with Gasteiger partial charge >= 0.3 is 18.4 Å². The number of nitrogens with zero attached hydrogens (tertiary/aromatic N) is 1. The minimum absolute atomic E-state index is 0.0930. The molecular formula is C17H12F6N4O4S. The van der Waals surface area contributed by atoms with Crippen LogP contribution in [-0.4, -0.2) is 32.2 Å². The van der Waals surface area contributed by atoms with E-state index in [0.717, 1.165) is 41.1 Å². The molecule has 2 aromatic carbocycles. The number of nitrogen functional groups attached to an aromatic ring is 1. The van der Waals surface area contributed by atoms with Crippen molar-refractivity contribution in [2.24, 2.45) is 0 Å². The van der Waals surface area contributed by atoms with Gasteiger partial charge in [0, 0.05) is 5.69 Å². The number of carbonyl (C=O) groups is 2. The summed E-state index contributed by atoms with van der Waals surface area (Å²) in [6, 6.07) is 4.46. The Labute approximate surface area is 176 Å². The molecule has 1 atom stereocenters. The largest absolute Gasteiger partial charge is 0.435 e. The zero-order valence-electron chi connectivity index (χ0n) is 15.5. The summed E-state index contributed by atoms with van der Waals surface area (Å²) < 4.78 is 107. The predicted molar refractivity (Wildman–Crippen MR) is 97.4 cm³/mol. The van der Waals surface area contributed by atoms with E-state index in [4.69, 9.17) is 5.73 Å². The Bertz CT molecular complexity index is 1180. The second-order valence-electron chi connectivity index (χ2n) is 6.54.